The van der Waals surface area contributed by atoms with Crippen molar-refractivity contribution in [2.75, 3.05) is 7.11 Å². The standard InChI is InChI=1S/C16H16N4O3/c1-11(15(21)23-2)20-13-8-17-10-18-14(13)19(16(20)22)9-12-6-4-3-5-7-12/h3-8,10-11H,9H2,1-2H3. The summed E-state index contributed by atoms with van der Waals surface area (Å²) in [4.78, 5) is 32.8. The van der Waals surface area contributed by atoms with Crippen molar-refractivity contribution in [3.63, 3.8) is 0 Å². The Balaban J connectivity index is 2.18. The number of hydrogen-bond donors (Lipinski definition) is 0. The zero-order chi connectivity index (χ0) is 16.4. The molecular weight excluding hydrogens is 296 g/mol. The first-order valence-corrected chi connectivity index (χ1v) is 7.16. The van der Waals surface area contributed by atoms with Crippen molar-refractivity contribution in [2.24, 2.45) is 0 Å². The Bertz CT molecular complexity index is 899. The molecule has 0 aliphatic rings. The molecule has 0 fully saturated rings. The van der Waals surface area contributed by atoms with Crippen molar-refractivity contribution < 1.29 is 9.53 Å². The normalized spacial score (nSPS) is 12.3. The smallest absolute Gasteiger partial charge is 0.331 e. The lowest BCUT2D eigenvalue weighted by Crippen LogP contribution is -2.30. The lowest BCUT2D eigenvalue weighted by Gasteiger charge is -2.10. The monoisotopic (exact) mass is 312 g/mol. The number of fused-ring (bicyclic) bond motifs is 1. The molecule has 0 saturated heterocycles. The lowest BCUT2D eigenvalue weighted by atomic mass is 10.2. The Labute approximate surface area is 132 Å². The number of carbonyl (C=O) groups excluding carboxylic acids is 1. The number of methoxy groups -OCH3 is 1. The van der Waals surface area contributed by atoms with E-state index in [1.54, 1.807) is 6.92 Å². The van der Waals surface area contributed by atoms with Gasteiger partial charge in [-0.3, -0.25) is 9.13 Å². The Morgan fingerprint density at radius 1 is 1.30 bits per heavy atom. The minimum atomic E-state index is -0.752. The van der Waals surface area contributed by atoms with Gasteiger partial charge < -0.3 is 4.74 Å². The van der Waals surface area contributed by atoms with Crippen LogP contribution in [0.3, 0.4) is 0 Å². The molecule has 0 radical (unpaired) electrons. The van der Waals surface area contributed by atoms with Crippen LogP contribution >= 0.6 is 0 Å². The van der Waals surface area contributed by atoms with Gasteiger partial charge in [0, 0.05) is 0 Å². The molecule has 1 unspecified atom stereocenters. The van der Waals surface area contributed by atoms with Crippen LogP contribution in [0, 0.1) is 0 Å². The molecule has 23 heavy (non-hydrogen) atoms. The minimum absolute atomic E-state index is 0.317. The maximum Gasteiger partial charge on any atom is 0.331 e. The van der Waals surface area contributed by atoms with Gasteiger partial charge in [0.15, 0.2) is 5.65 Å². The summed E-state index contributed by atoms with van der Waals surface area (Å²) in [7, 11) is 1.30. The number of benzene rings is 1. The van der Waals surface area contributed by atoms with Gasteiger partial charge in [0.2, 0.25) is 0 Å². The van der Waals surface area contributed by atoms with Crippen molar-refractivity contribution in [3.8, 4) is 0 Å². The maximum atomic E-state index is 12.8. The fourth-order valence-electron chi connectivity index (χ4n) is 2.58. The first-order chi connectivity index (χ1) is 11.1. The average molecular weight is 312 g/mol. The number of aromatic nitrogens is 4. The molecule has 0 N–H and O–H groups in total. The van der Waals surface area contributed by atoms with E-state index in [0.29, 0.717) is 17.7 Å². The Hall–Kier alpha value is -2.96. The number of carbonyl (C=O) groups is 1. The number of hydrogen-bond acceptors (Lipinski definition) is 5. The number of imidazole rings is 1. The SMILES string of the molecule is COC(=O)C(C)n1c(=O)n(Cc2ccccc2)c2ncncc21. The molecule has 0 amide bonds. The van der Waals surface area contributed by atoms with Crippen LogP contribution in [-0.4, -0.2) is 32.2 Å². The van der Waals surface area contributed by atoms with Gasteiger partial charge in [0.1, 0.15) is 17.9 Å². The number of ether oxygens (including phenoxy) is 1. The van der Waals surface area contributed by atoms with E-state index in [4.69, 9.17) is 4.74 Å². The summed E-state index contributed by atoms with van der Waals surface area (Å²) in [5, 5.41) is 0. The van der Waals surface area contributed by atoms with E-state index in [0.717, 1.165) is 5.56 Å². The molecule has 0 saturated carbocycles. The van der Waals surface area contributed by atoms with Crippen molar-refractivity contribution >= 4 is 17.1 Å². The van der Waals surface area contributed by atoms with Crippen LogP contribution < -0.4 is 5.69 Å². The summed E-state index contributed by atoms with van der Waals surface area (Å²) in [5.74, 6) is -0.491. The van der Waals surface area contributed by atoms with Gasteiger partial charge in [-0.2, -0.15) is 0 Å². The summed E-state index contributed by atoms with van der Waals surface area (Å²) in [6.07, 6.45) is 2.92. The Morgan fingerprint density at radius 3 is 2.74 bits per heavy atom. The quantitative estimate of drug-likeness (QED) is 0.680. The van der Waals surface area contributed by atoms with E-state index in [-0.39, 0.29) is 5.69 Å². The third kappa shape index (κ3) is 2.61. The van der Waals surface area contributed by atoms with Crippen LogP contribution in [0.4, 0.5) is 0 Å². The zero-order valence-corrected chi connectivity index (χ0v) is 12.8. The second kappa shape index (κ2) is 6.04. The fourth-order valence-corrected chi connectivity index (χ4v) is 2.58. The van der Waals surface area contributed by atoms with Crippen molar-refractivity contribution in [1.29, 1.82) is 0 Å². The third-order valence-corrected chi connectivity index (χ3v) is 3.74. The Kier molecular flexibility index (Phi) is 3.92. The van der Waals surface area contributed by atoms with Crippen LogP contribution in [0.25, 0.3) is 11.2 Å². The predicted molar refractivity (Wildman–Crippen MR) is 84.1 cm³/mol. The predicted octanol–water partition coefficient (Wildman–Crippen LogP) is 1.38. The van der Waals surface area contributed by atoms with Crippen LogP contribution in [0.1, 0.15) is 18.5 Å². The summed E-state index contributed by atoms with van der Waals surface area (Å²) in [5.41, 5.74) is 1.65. The average Bonchev–Trinajstić information content (AvgIpc) is 2.87. The summed E-state index contributed by atoms with van der Waals surface area (Å²) in [6.45, 7) is 1.99. The third-order valence-electron chi connectivity index (χ3n) is 3.74. The maximum absolute atomic E-state index is 12.8. The van der Waals surface area contributed by atoms with Gasteiger partial charge in [-0.15, -0.1) is 0 Å². The Morgan fingerprint density at radius 2 is 2.04 bits per heavy atom. The molecular formula is C16H16N4O3. The minimum Gasteiger partial charge on any atom is -0.467 e. The molecule has 0 aliphatic heterocycles. The van der Waals surface area contributed by atoms with Crippen LogP contribution in [-0.2, 0) is 16.1 Å². The molecule has 118 valence electrons. The second-order valence-electron chi connectivity index (χ2n) is 5.16. The molecule has 0 aliphatic carbocycles. The van der Waals surface area contributed by atoms with E-state index in [1.807, 2.05) is 30.3 Å². The van der Waals surface area contributed by atoms with E-state index in [2.05, 4.69) is 9.97 Å². The summed E-state index contributed by atoms with van der Waals surface area (Å²) < 4.78 is 7.65. The highest BCUT2D eigenvalue weighted by Gasteiger charge is 2.23. The van der Waals surface area contributed by atoms with E-state index >= 15 is 0 Å². The van der Waals surface area contributed by atoms with Crippen molar-refractivity contribution in [1.82, 2.24) is 19.1 Å². The van der Waals surface area contributed by atoms with Crippen LogP contribution in [0.5, 0.6) is 0 Å². The largest absolute Gasteiger partial charge is 0.467 e. The molecule has 1 atom stereocenters. The van der Waals surface area contributed by atoms with Crippen molar-refractivity contribution in [2.45, 2.75) is 19.5 Å². The number of rotatable bonds is 4. The van der Waals surface area contributed by atoms with Crippen molar-refractivity contribution in [3.05, 3.63) is 58.9 Å². The van der Waals surface area contributed by atoms with Gasteiger partial charge in [0.25, 0.3) is 0 Å². The number of nitrogens with zero attached hydrogens (tertiary/aromatic N) is 4. The molecule has 3 aromatic rings. The van der Waals surface area contributed by atoms with Crippen LogP contribution in [0.15, 0.2) is 47.7 Å². The molecule has 7 heteroatoms. The first kappa shape index (κ1) is 15.0. The topological polar surface area (TPSA) is 79.0 Å². The summed E-state index contributed by atoms with van der Waals surface area (Å²) in [6, 6.07) is 8.84. The van der Waals surface area contributed by atoms with Gasteiger partial charge in [0.05, 0.1) is 19.9 Å². The molecule has 2 aromatic heterocycles. The zero-order valence-electron chi connectivity index (χ0n) is 12.8. The highest BCUT2D eigenvalue weighted by molar-refractivity contribution is 5.78. The molecule has 1 aromatic carbocycles. The van der Waals surface area contributed by atoms with Crippen LogP contribution in [0.2, 0.25) is 0 Å². The van der Waals surface area contributed by atoms with Gasteiger partial charge >= 0.3 is 11.7 Å². The molecule has 0 bridgehead atoms. The summed E-state index contributed by atoms with van der Waals surface area (Å²) >= 11 is 0. The highest BCUT2D eigenvalue weighted by Crippen LogP contribution is 2.16. The lowest BCUT2D eigenvalue weighted by molar-refractivity contribution is -0.144. The highest BCUT2D eigenvalue weighted by atomic mass is 16.5. The first-order valence-electron chi connectivity index (χ1n) is 7.16. The fraction of sp³-hybridized carbons (Fsp3) is 0.250. The molecule has 2 heterocycles. The molecule has 3 rings (SSSR count). The molecule has 0 spiro atoms. The van der Waals surface area contributed by atoms with E-state index in [1.165, 1.54) is 28.8 Å². The van der Waals surface area contributed by atoms with Gasteiger partial charge in [-0.05, 0) is 12.5 Å². The molecule has 7 nitrogen and oxygen atoms in total. The van der Waals surface area contributed by atoms with E-state index in [9.17, 15) is 9.59 Å². The van der Waals surface area contributed by atoms with E-state index < -0.39 is 12.0 Å². The number of esters is 1. The van der Waals surface area contributed by atoms with Gasteiger partial charge in [-0.25, -0.2) is 19.6 Å². The van der Waals surface area contributed by atoms with Gasteiger partial charge in [-0.1, -0.05) is 30.3 Å². The second-order valence-corrected chi connectivity index (χ2v) is 5.16.